The van der Waals surface area contributed by atoms with Crippen LogP contribution in [0.2, 0.25) is 0 Å². The Balaban J connectivity index is 2.25. The summed E-state index contributed by atoms with van der Waals surface area (Å²) in [5.41, 5.74) is 0.877. The van der Waals surface area contributed by atoms with Crippen molar-refractivity contribution in [3.05, 3.63) is 35.9 Å². The third kappa shape index (κ3) is 11.4. The van der Waals surface area contributed by atoms with Crippen molar-refractivity contribution in [1.82, 2.24) is 25.8 Å². The van der Waals surface area contributed by atoms with Crippen LogP contribution in [-0.2, 0) is 35.1 Å². The van der Waals surface area contributed by atoms with Gasteiger partial charge in [-0.25, -0.2) is 4.79 Å². The number of amides is 3. The van der Waals surface area contributed by atoms with E-state index < -0.39 is 42.3 Å². The molecule has 1 fully saturated rings. The lowest BCUT2D eigenvalue weighted by molar-refractivity contribution is -0.146. The van der Waals surface area contributed by atoms with Crippen molar-refractivity contribution in [2.24, 2.45) is 17.8 Å². The first-order chi connectivity index (χ1) is 23.6. The van der Waals surface area contributed by atoms with Gasteiger partial charge in [-0.2, -0.15) is 0 Å². The number of carboxylic acid groups (broad SMARTS) is 1. The zero-order valence-corrected chi connectivity index (χ0v) is 32.4. The molecule has 1 aliphatic heterocycles. The van der Waals surface area contributed by atoms with Gasteiger partial charge in [0, 0.05) is 40.2 Å². The van der Waals surface area contributed by atoms with Gasteiger partial charge in [0.05, 0.1) is 41.7 Å². The minimum Gasteiger partial charge on any atom is -0.480 e. The van der Waals surface area contributed by atoms with Gasteiger partial charge in [-0.3, -0.25) is 14.4 Å². The summed E-state index contributed by atoms with van der Waals surface area (Å²) in [4.78, 5) is 56.8. The number of hydrogen-bond acceptors (Lipinski definition) is 8. The molecule has 4 N–H and O–H groups in total. The largest absolute Gasteiger partial charge is 0.480 e. The van der Waals surface area contributed by atoms with E-state index in [1.807, 2.05) is 69.9 Å². The molecule has 0 aromatic heterocycles. The Kier molecular flexibility index (Phi) is 17.8. The third-order valence-electron chi connectivity index (χ3n) is 10.2. The van der Waals surface area contributed by atoms with Crippen molar-refractivity contribution in [2.45, 2.75) is 116 Å². The lowest BCUT2D eigenvalue weighted by Gasteiger charge is -2.41. The summed E-state index contributed by atoms with van der Waals surface area (Å²) in [5, 5.41) is 18.8. The number of hydrogen-bond donors (Lipinski definition) is 4. The molecule has 3 amide bonds. The van der Waals surface area contributed by atoms with Crippen molar-refractivity contribution in [2.75, 3.05) is 34.9 Å². The highest BCUT2D eigenvalue weighted by Crippen LogP contribution is 2.30. The topological polar surface area (TPSA) is 150 Å². The molecule has 0 spiro atoms. The Labute approximate surface area is 304 Å². The normalized spacial score (nSPS) is 19.4. The summed E-state index contributed by atoms with van der Waals surface area (Å²) in [6, 6.07) is 6.52. The fourth-order valence-corrected chi connectivity index (χ4v) is 7.08. The van der Waals surface area contributed by atoms with E-state index in [2.05, 4.69) is 16.0 Å². The molecule has 2 rings (SSSR count). The highest BCUT2D eigenvalue weighted by atomic mass is 32.1. The van der Waals surface area contributed by atoms with E-state index in [1.54, 1.807) is 40.1 Å². The monoisotopic (exact) mass is 719 g/mol. The number of nitrogens with zero attached hydrogens (tertiary/aromatic N) is 2. The van der Waals surface area contributed by atoms with Gasteiger partial charge in [0.1, 0.15) is 12.1 Å². The number of methoxy groups -OCH3 is 2. The Morgan fingerprint density at radius 1 is 1.04 bits per heavy atom. The summed E-state index contributed by atoms with van der Waals surface area (Å²) >= 11 is 5.73. The van der Waals surface area contributed by atoms with Crippen LogP contribution in [0.25, 0.3) is 0 Å². The maximum atomic E-state index is 14.1. The van der Waals surface area contributed by atoms with Crippen molar-refractivity contribution in [3.63, 3.8) is 0 Å². The van der Waals surface area contributed by atoms with E-state index in [4.69, 9.17) is 21.7 Å². The number of carboxylic acids is 1. The van der Waals surface area contributed by atoms with Gasteiger partial charge in [0.2, 0.25) is 17.7 Å². The number of aliphatic carboxylic acids is 1. The molecular formula is C37H61N5O7S. The van der Waals surface area contributed by atoms with Crippen LogP contribution in [0.15, 0.2) is 30.3 Å². The molecule has 1 aromatic rings. The van der Waals surface area contributed by atoms with E-state index in [0.29, 0.717) is 18.0 Å². The number of carbonyl (C=O) groups excluding carboxylic acids is 3. The Bertz CT molecular complexity index is 1270. The van der Waals surface area contributed by atoms with Crippen molar-refractivity contribution >= 4 is 40.9 Å². The van der Waals surface area contributed by atoms with Crippen LogP contribution in [-0.4, -0.2) is 121 Å². The second-order valence-corrected chi connectivity index (χ2v) is 14.4. The molecule has 1 aliphatic rings. The number of nitrogens with one attached hydrogen (secondary N) is 3. The fraction of sp³-hybridized carbons (Fsp3) is 0.703. The second-order valence-electron chi connectivity index (χ2n) is 13.9. The zero-order valence-electron chi connectivity index (χ0n) is 31.6. The number of benzene rings is 1. The van der Waals surface area contributed by atoms with Crippen molar-refractivity contribution < 1.29 is 33.8 Å². The standard InChI is InChI=1S/C37H61N5O7S/c1-11-23(4)32(41(8)36(45)31(22(2)3)40-34(44)25(6)38-7)29(48-9)21-30(43)42-19-15-18-28(42)33(49-10)24(5)35(50)39-27(37(46)47)20-26-16-13-12-14-17-26/h12-14,16-17,22-25,27-29,31-33,38H,11,15,18-21H2,1-10H3,(H,39,50)(H,40,44)(H,46,47)/t23-,24+,25?,27-,28-,29+,31-,32-,33+/m0/s1. The van der Waals surface area contributed by atoms with Crippen LogP contribution in [0.5, 0.6) is 0 Å². The van der Waals surface area contributed by atoms with Gasteiger partial charge < -0.3 is 40.3 Å². The molecule has 13 heteroatoms. The molecule has 1 aromatic carbocycles. The quantitative estimate of drug-likeness (QED) is 0.148. The van der Waals surface area contributed by atoms with Crippen LogP contribution in [0.4, 0.5) is 0 Å². The molecule has 1 heterocycles. The van der Waals surface area contributed by atoms with Crippen LogP contribution in [0.3, 0.4) is 0 Å². The molecule has 12 nitrogen and oxygen atoms in total. The summed E-state index contributed by atoms with van der Waals surface area (Å²) in [5.74, 6) is -2.19. The molecule has 0 saturated carbocycles. The van der Waals surface area contributed by atoms with E-state index in [1.165, 1.54) is 0 Å². The summed E-state index contributed by atoms with van der Waals surface area (Å²) in [6.07, 6.45) is 1.45. The molecular weight excluding hydrogens is 659 g/mol. The van der Waals surface area contributed by atoms with Crippen LogP contribution in [0.1, 0.15) is 72.8 Å². The average Bonchev–Trinajstić information content (AvgIpc) is 3.59. The number of rotatable bonds is 20. The molecule has 1 unspecified atom stereocenters. The van der Waals surface area contributed by atoms with Gasteiger partial charge in [0.15, 0.2) is 0 Å². The SMILES string of the molecule is CC[C@H](C)[C@@H]([C@@H](CC(=O)N1CCC[C@H]1[C@H](OC)[C@@H](C)C(=S)N[C@@H](Cc1ccccc1)C(=O)O)OC)N(C)C(=O)[C@@H](NC(=O)C(C)NC)C(C)C. The summed E-state index contributed by atoms with van der Waals surface area (Å²) in [6.45, 7) is 12.0. The number of likely N-dealkylation sites (tertiary alicyclic amines) is 1. The maximum absolute atomic E-state index is 14.1. The Hall–Kier alpha value is -3.13. The predicted octanol–water partition coefficient (Wildman–Crippen LogP) is 3.27. The zero-order chi connectivity index (χ0) is 37.7. The summed E-state index contributed by atoms with van der Waals surface area (Å²) < 4.78 is 12.0. The number of likely N-dealkylation sites (N-methyl/N-ethyl adjacent to an activating group) is 2. The smallest absolute Gasteiger partial charge is 0.326 e. The molecule has 9 atom stereocenters. The van der Waals surface area contributed by atoms with E-state index in [9.17, 15) is 24.3 Å². The van der Waals surface area contributed by atoms with Crippen LogP contribution < -0.4 is 16.0 Å². The first-order valence-electron chi connectivity index (χ1n) is 17.8. The van der Waals surface area contributed by atoms with E-state index in [0.717, 1.165) is 18.4 Å². The van der Waals surface area contributed by atoms with Gasteiger partial charge in [-0.1, -0.05) is 83.6 Å². The molecule has 1 saturated heterocycles. The summed E-state index contributed by atoms with van der Waals surface area (Å²) in [7, 11) is 6.55. The molecule has 0 bridgehead atoms. The van der Waals surface area contributed by atoms with Gasteiger partial charge in [0.25, 0.3) is 0 Å². The Morgan fingerprint density at radius 2 is 1.68 bits per heavy atom. The van der Waals surface area contributed by atoms with Gasteiger partial charge in [-0.15, -0.1) is 0 Å². The second kappa shape index (κ2) is 20.7. The third-order valence-corrected chi connectivity index (χ3v) is 10.7. The fourth-order valence-electron chi connectivity index (χ4n) is 6.80. The lowest BCUT2D eigenvalue weighted by atomic mass is 9.89. The van der Waals surface area contributed by atoms with Gasteiger partial charge >= 0.3 is 5.97 Å². The predicted molar refractivity (Wildman–Crippen MR) is 199 cm³/mol. The minimum absolute atomic E-state index is 0.0101. The number of ether oxygens (including phenoxy) is 2. The van der Waals surface area contributed by atoms with E-state index in [-0.39, 0.29) is 54.4 Å². The number of carbonyl (C=O) groups is 4. The van der Waals surface area contributed by atoms with E-state index >= 15 is 0 Å². The first-order valence-corrected chi connectivity index (χ1v) is 18.2. The van der Waals surface area contributed by atoms with Crippen LogP contribution in [0, 0.1) is 17.8 Å². The maximum Gasteiger partial charge on any atom is 0.326 e. The Morgan fingerprint density at radius 3 is 2.20 bits per heavy atom. The number of thiocarbonyl (C=S) groups is 1. The highest BCUT2D eigenvalue weighted by molar-refractivity contribution is 7.80. The first kappa shape index (κ1) is 43.0. The lowest BCUT2D eigenvalue weighted by Crippen LogP contribution is -2.59. The van der Waals surface area contributed by atoms with Crippen molar-refractivity contribution in [3.8, 4) is 0 Å². The van der Waals surface area contributed by atoms with Crippen molar-refractivity contribution in [1.29, 1.82) is 0 Å². The highest BCUT2D eigenvalue weighted by Gasteiger charge is 2.42. The molecule has 0 radical (unpaired) electrons. The molecule has 0 aliphatic carbocycles. The minimum atomic E-state index is -1.01. The molecule has 282 valence electrons. The van der Waals surface area contributed by atoms with Crippen LogP contribution >= 0.6 is 12.2 Å². The average molecular weight is 720 g/mol. The van der Waals surface area contributed by atoms with Gasteiger partial charge in [-0.05, 0) is 44.2 Å². The molecule has 50 heavy (non-hydrogen) atoms.